The number of nitrogens with zero attached hydrogens (tertiary/aromatic N) is 2. The number of carbonyl (C=O) groups excluding carboxylic acids is 1. The third kappa shape index (κ3) is 3.39. The van der Waals surface area contributed by atoms with Crippen LogP contribution >= 0.6 is 0 Å². The molecule has 0 unspecified atom stereocenters. The zero-order chi connectivity index (χ0) is 18.2. The molecule has 3 rings (SSSR count). The summed E-state index contributed by atoms with van der Waals surface area (Å²) in [5.41, 5.74) is 2.42. The van der Waals surface area contributed by atoms with E-state index < -0.39 is 10.0 Å². The van der Waals surface area contributed by atoms with Crippen LogP contribution in [0.1, 0.15) is 36.3 Å². The van der Waals surface area contributed by atoms with E-state index in [4.69, 9.17) is 4.52 Å². The van der Waals surface area contributed by atoms with Gasteiger partial charge in [-0.1, -0.05) is 5.16 Å². The molecule has 1 aromatic heterocycles. The fourth-order valence-electron chi connectivity index (χ4n) is 3.15. The molecule has 134 valence electrons. The monoisotopic (exact) mass is 363 g/mol. The van der Waals surface area contributed by atoms with Crippen molar-refractivity contribution in [3.8, 4) is 0 Å². The number of rotatable bonds is 4. The Morgan fingerprint density at radius 1 is 1.20 bits per heavy atom. The van der Waals surface area contributed by atoms with E-state index in [-0.39, 0.29) is 16.6 Å². The van der Waals surface area contributed by atoms with Gasteiger partial charge in [0.25, 0.3) is 10.0 Å². The van der Waals surface area contributed by atoms with Crippen LogP contribution in [0.5, 0.6) is 0 Å². The second kappa shape index (κ2) is 6.51. The van der Waals surface area contributed by atoms with Gasteiger partial charge in [-0.15, -0.1) is 0 Å². The van der Waals surface area contributed by atoms with E-state index in [1.54, 1.807) is 36.9 Å². The van der Waals surface area contributed by atoms with Crippen molar-refractivity contribution in [2.45, 2.75) is 44.9 Å². The molecule has 1 amide bonds. The van der Waals surface area contributed by atoms with E-state index in [9.17, 15) is 13.2 Å². The average molecular weight is 363 g/mol. The van der Waals surface area contributed by atoms with Crippen molar-refractivity contribution in [3.63, 3.8) is 0 Å². The van der Waals surface area contributed by atoms with Crippen LogP contribution in [0.25, 0.3) is 0 Å². The van der Waals surface area contributed by atoms with Crippen LogP contribution < -0.4 is 9.62 Å². The molecule has 7 nitrogen and oxygen atoms in total. The average Bonchev–Trinajstić information content (AvgIpc) is 2.88. The van der Waals surface area contributed by atoms with Gasteiger partial charge in [0.2, 0.25) is 5.91 Å². The number of piperidine rings is 1. The van der Waals surface area contributed by atoms with Crippen LogP contribution in [0.3, 0.4) is 0 Å². The minimum Gasteiger partial charge on any atom is -0.360 e. The summed E-state index contributed by atoms with van der Waals surface area (Å²) in [6.07, 6.45) is 2.45. The zero-order valence-corrected chi connectivity index (χ0v) is 15.3. The molecule has 0 atom stereocenters. The first-order chi connectivity index (χ1) is 11.8. The highest BCUT2D eigenvalue weighted by Gasteiger charge is 2.25. The molecule has 0 saturated carbocycles. The lowest BCUT2D eigenvalue weighted by molar-refractivity contribution is -0.119. The molecule has 0 bridgehead atoms. The number of hydrogen-bond acceptors (Lipinski definition) is 5. The topological polar surface area (TPSA) is 92.5 Å². The SMILES string of the molecule is Cc1cc(NS(=O)(=O)c2c(C)noc2C)ccc1N1CCCCC1=O. The number of aryl methyl sites for hydroxylation is 3. The van der Waals surface area contributed by atoms with Gasteiger partial charge >= 0.3 is 0 Å². The van der Waals surface area contributed by atoms with Crippen molar-refractivity contribution in [1.29, 1.82) is 0 Å². The Morgan fingerprint density at radius 2 is 1.96 bits per heavy atom. The molecular weight excluding hydrogens is 342 g/mol. The molecule has 8 heteroatoms. The van der Waals surface area contributed by atoms with Crippen molar-refractivity contribution in [3.05, 3.63) is 35.2 Å². The Labute approximate surface area is 147 Å². The standard InChI is InChI=1S/C17H21N3O4S/c1-11-10-14(7-8-15(11)20-9-5-4-6-16(20)21)19-25(22,23)17-12(2)18-24-13(17)3/h7-8,10,19H,4-6,9H2,1-3H3. The highest BCUT2D eigenvalue weighted by atomic mass is 32.2. The second-order valence-corrected chi connectivity index (χ2v) is 7.88. The zero-order valence-electron chi connectivity index (χ0n) is 14.5. The summed E-state index contributed by atoms with van der Waals surface area (Å²) in [6.45, 7) is 5.71. The van der Waals surface area contributed by atoms with E-state index >= 15 is 0 Å². The molecule has 1 saturated heterocycles. The summed E-state index contributed by atoms with van der Waals surface area (Å²) in [7, 11) is -3.78. The van der Waals surface area contributed by atoms with Crippen LogP contribution in [-0.2, 0) is 14.8 Å². The van der Waals surface area contributed by atoms with Crippen molar-refractivity contribution in [2.24, 2.45) is 0 Å². The van der Waals surface area contributed by atoms with Crippen LogP contribution in [-0.4, -0.2) is 26.0 Å². The quantitative estimate of drug-likeness (QED) is 0.901. The predicted octanol–water partition coefficient (Wildman–Crippen LogP) is 2.92. The summed E-state index contributed by atoms with van der Waals surface area (Å²) in [6, 6.07) is 5.18. The lowest BCUT2D eigenvalue weighted by Crippen LogP contribution is -2.35. The Hall–Kier alpha value is -2.35. The summed E-state index contributed by atoms with van der Waals surface area (Å²) in [5, 5.41) is 3.69. The van der Waals surface area contributed by atoms with Gasteiger partial charge in [-0.3, -0.25) is 9.52 Å². The van der Waals surface area contributed by atoms with Crippen LogP contribution in [0, 0.1) is 20.8 Å². The van der Waals surface area contributed by atoms with E-state index in [0.29, 0.717) is 24.3 Å². The number of sulfonamides is 1. The molecule has 25 heavy (non-hydrogen) atoms. The number of anilines is 2. The fourth-order valence-corrected chi connectivity index (χ4v) is 4.53. The minimum atomic E-state index is -3.78. The molecule has 0 radical (unpaired) electrons. The van der Waals surface area contributed by atoms with Crippen LogP contribution in [0.4, 0.5) is 11.4 Å². The number of aromatic nitrogens is 1. The lowest BCUT2D eigenvalue weighted by Gasteiger charge is -2.28. The molecule has 2 aromatic rings. The Bertz CT molecular complexity index is 898. The van der Waals surface area contributed by atoms with Gasteiger partial charge in [-0.05, 0) is 57.4 Å². The van der Waals surface area contributed by atoms with Gasteiger partial charge in [-0.2, -0.15) is 0 Å². The van der Waals surface area contributed by atoms with E-state index in [1.807, 2.05) is 6.92 Å². The largest absolute Gasteiger partial charge is 0.360 e. The molecule has 0 spiro atoms. The van der Waals surface area contributed by atoms with Gasteiger partial charge in [0.1, 0.15) is 5.69 Å². The Balaban J connectivity index is 1.87. The highest BCUT2D eigenvalue weighted by Crippen LogP contribution is 2.29. The van der Waals surface area contributed by atoms with E-state index in [0.717, 1.165) is 24.1 Å². The lowest BCUT2D eigenvalue weighted by atomic mass is 10.1. The maximum Gasteiger partial charge on any atom is 0.267 e. The normalized spacial score (nSPS) is 15.5. The number of benzene rings is 1. The number of hydrogen-bond donors (Lipinski definition) is 1. The summed E-state index contributed by atoms with van der Waals surface area (Å²) in [4.78, 5) is 13.9. The van der Waals surface area contributed by atoms with Gasteiger partial charge in [0.05, 0.1) is 0 Å². The maximum absolute atomic E-state index is 12.6. The smallest absolute Gasteiger partial charge is 0.267 e. The van der Waals surface area contributed by atoms with E-state index in [1.165, 1.54) is 0 Å². The van der Waals surface area contributed by atoms with Crippen LogP contribution in [0.15, 0.2) is 27.6 Å². The first kappa shape index (κ1) is 17.5. The van der Waals surface area contributed by atoms with Crippen LogP contribution in [0.2, 0.25) is 0 Å². The number of nitrogens with one attached hydrogen (secondary N) is 1. The molecular formula is C17H21N3O4S. The van der Waals surface area contributed by atoms with Gasteiger partial charge in [0, 0.05) is 24.3 Å². The fraction of sp³-hybridized carbons (Fsp3) is 0.412. The predicted molar refractivity (Wildman–Crippen MR) is 94.2 cm³/mol. The molecule has 1 fully saturated rings. The first-order valence-electron chi connectivity index (χ1n) is 8.16. The molecule has 1 aromatic carbocycles. The minimum absolute atomic E-state index is 0.0560. The highest BCUT2D eigenvalue weighted by molar-refractivity contribution is 7.92. The molecule has 1 aliphatic heterocycles. The Kier molecular flexibility index (Phi) is 4.55. The third-order valence-corrected chi connectivity index (χ3v) is 5.92. The van der Waals surface area contributed by atoms with Gasteiger partial charge in [0.15, 0.2) is 10.7 Å². The number of carbonyl (C=O) groups is 1. The summed E-state index contributed by atoms with van der Waals surface area (Å²) in [5.74, 6) is 0.357. The number of amides is 1. The van der Waals surface area contributed by atoms with E-state index in [2.05, 4.69) is 9.88 Å². The van der Waals surface area contributed by atoms with Crippen molar-refractivity contribution < 1.29 is 17.7 Å². The summed E-state index contributed by atoms with van der Waals surface area (Å²) < 4.78 is 32.7. The molecule has 1 N–H and O–H groups in total. The molecule has 1 aliphatic rings. The molecule has 0 aliphatic carbocycles. The van der Waals surface area contributed by atoms with Crippen molar-refractivity contribution >= 4 is 27.3 Å². The molecule has 2 heterocycles. The van der Waals surface area contributed by atoms with Gasteiger partial charge < -0.3 is 9.42 Å². The second-order valence-electron chi connectivity index (χ2n) is 6.26. The van der Waals surface area contributed by atoms with Crippen molar-refractivity contribution in [1.82, 2.24) is 5.16 Å². The first-order valence-corrected chi connectivity index (χ1v) is 9.64. The van der Waals surface area contributed by atoms with Gasteiger partial charge in [-0.25, -0.2) is 8.42 Å². The van der Waals surface area contributed by atoms with Crippen molar-refractivity contribution in [2.75, 3.05) is 16.2 Å². The Morgan fingerprint density at radius 3 is 2.56 bits per heavy atom. The summed E-state index contributed by atoms with van der Waals surface area (Å²) >= 11 is 0. The third-order valence-electron chi connectivity index (χ3n) is 4.30. The maximum atomic E-state index is 12.6.